The van der Waals surface area contributed by atoms with Crippen molar-refractivity contribution in [3.63, 3.8) is 0 Å². The van der Waals surface area contributed by atoms with E-state index in [1.54, 1.807) is 12.4 Å². The first-order valence-corrected chi connectivity index (χ1v) is 17.3. The molecule has 0 N–H and O–H groups in total. The maximum absolute atomic E-state index is 6.51. The van der Waals surface area contributed by atoms with Gasteiger partial charge >= 0.3 is 0 Å². The third-order valence-corrected chi connectivity index (χ3v) is 9.50. The molecule has 0 spiro atoms. The van der Waals surface area contributed by atoms with Crippen molar-refractivity contribution in [3.05, 3.63) is 176 Å². The quantitative estimate of drug-likeness (QED) is 0.166. The van der Waals surface area contributed by atoms with Crippen LogP contribution in [0.2, 0.25) is 0 Å². The Hall–Kier alpha value is -7.38. The summed E-state index contributed by atoms with van der Waals surface area (Å²) in [6.07, 6.45) is 7.20. The summed E-state index contributed by atoms with van der Waals surface area (Å²) in [5, 5.41) is 6.57. The van der Waals surface area contributed by atoms with Crippen LogP contribution in [0, 0.1) is 0 Å². The Bertz CT molecular complexity index is 2780. The van der Waals surface area contributed by atoms with Crippen LogP contribution in [-0.2, 0) is 0 Å². The molecule has 4 heterocycles. The Balaban J connectivity index is 1.02. The minimum atomic E-state index is 0.551. The van der Waals surface area contributed by atoms with Crippen molar-refractivity contribution >= 4 is 43.4 Å². The van der Waals surface area contributed by atoms with Crippen molar-refractivity contribution in [3.8, 4) is 51.5 Å². The lowest BCUT2D eigenvalue weighted by atomic mass is 10.0. The van der Waals surface area contributed by atoms with Gasteiger partial charge in [0.05, 0.1) is 22.4 Å². The Labute approximate surface area is 304 Å². The van der Waals surface area contributed by atoms with Crippen molar-refractivity contribution in [2.75, 3.05) is 0 Å². The fourth-order valence-electron chi connectivity index (χ4n) is 7.11. The summed E-state index contributed by atoms with van der Waals surface area (Å²) in [5.41, 5.74) is 5.63. The molecule has 7 heteroatoms. The van der Waals surface area contributed by atoms with Crippen LogP contribution < -0.4 is 9.47 Å². The molecule has 0 saturated carbocycles. The number of rotatable bonds is 7. The first kappa shape index (κ1) is 30.4. The minimum absolute atomic E-state index is 0.551. The second-order valence-corrected chi connectivity index (χ2v) is 12.8. The van der Waals surface area contributed by atoms with Gasteiger partial charge in [-0.05, 0) is 77.5 Å². The summed E-state index contributed by atoms with van der Waals surface area (Å²) in [6.45, 7) is 0. The first-order chi connectivity index (χ1) is 26.2. The van der Waals surface area contributed by atoms with E-state index in [1.807, 2.05) is 116 Å². The highest BCUT2D eigenvalue weighted by atomic mass is 16.5. The summed E-state index contributed by atoms with van der Waals surface area (Å²) < 4.78 is 15.1. The Morgan fingerprint density at radius 1 is 0.358 bits per heavy atom. The second-order valence-electron chi connectivity index (χ2n) is 12.8. The predicted octanol–water partition coefficient (Wildman–Crippen LogP) is 11.6. The first-order valence-electron chi connectivity index (χ1n) is 17.3. The standard InChI is InChI=1S/C46H29N5O2/c1-3-14-38-30(8-1)20-24-47-44(38)32-10-5-12-34(26-32)52-36-16-18-40-41-19-17-37(29-43(41)51(42(40)28-36)46-49-22-7-23-50-46)53-35-13-6-11-33(27-35)45-39-15-4-2-9-31(39)21-25-48-45/h1-29H. The zero-order valence-electron chi connectivity index (χ0n) is 28.3. The lowest BCUT2D eigenvalue weighted by molar-refractivity contribution is 0.483. The number of benzene rings is 6. The van der Waals surface area contributed by atoms with Crippen LogP contribution in [0.1, 0.15) is 0 Å². The van der Waals surface area contributed by atoms with Gasteiger partial charge < -0.3 is 9.47 Å². The van der Waals surface area contributed by atoms with Gasteiger partial charge in [-0.2, -0.15) is 0 Å². The fourth-order valence-corrected chi connectivity index (χ4v) is 7.11. The summed E-state index contributed by atoms with van der Waals surface area (Å²) >= 11 is 0. The van der Waals surface area contributed by atoms with Crippen LogP contribution >= 0.6 is 0 Å². The van der Waals surface area contributed by atoms with Crippen molar-refractivity contribution in [2.24, 2.45) is 0 Å². The van der Waals surface area contributed by atoms with Crippen LogP contribution in [0.5, 0.6) is 23.0 Å². The third kappa shape index (κ3) is 5.57. The fraction of sp³-hybridized carbons (Fsp3) is 0. The highest BCUT2D eigenvalue weighted by molar-refractivity contribution is 6.09. The smallest absolute Gasteiger partial charge is 0.234 e. The largest absolute Gasteiger partial charge is 0.457 e. The van der Waals surface area contributed by atoms with E-state index in [0.717, 1.165) is 65.9 Å². The predicted molar refractivity (Wildman–Crippen MR) is 211 cm³/mol. The van der Waals surface area contributed by atoms with Crippen LogP contribution in [-0.4, -0.2) is 24.5 Å². The van der Waals surface area contributed by atoms with E-state index in [4.69, 9.17) is 19.4 Å². The number of ether oxygens (including phenoxy) is 2. The number of hydrogen-bond acceptors (Lipinski definition) is 6. The molecule has 0 atom stereocenters. The van der Waals surface area contributed by atoms with E-state index in [2.05, 4.69) is 63.1 Å². The van der Waals surface area contributed by atoms with Gasteiger partial charge in [0.15, 0.2) is 0 Å². The van der Waals surface area contributed by atoms with E-state index < -0.39 is 0 Å². The Morgan fingerprint density at radius 2 is 0.849 bits per heavy atom. The van der Waals surface area contributed by atoms with E-state index in [-0.39, 0.29) is 0 Å². The van der Waals surface area contributed by atoms with E-state index in [1.165, 1.54) is 0 Å². The topological polar surface area (TPSA) is 75.0 Å². The second kappa shape index (κ2) is 12.7. The van der Waals surface area contributed by atoms with Crippen molar-refractivity contribution in [1.82, 2.24) is 24.5 Å². The number of pyridine rings is 2. The molecule has 0 aliphatic heterocycles. The summed E-state index contributed by atoms with van der Waals surface area (Å²) in [4.78, 5) is 18.7. The summed E-state index contributed by atoms with van der Waals surface area (Å²) in [5.74, 6) is 3.36. The van der Waals surface area contributed by atoms with Crippen molar-refractivity contribution in [1.29, 1.82) is 0 Å². The molecule has 0 unspecified atom stereocenters. The summed E-state index contributed by atoms with van der Waals surface area (Å²) in [6, 6.07) is 50.8. The number of fused-ring (bicyclic) bond motifs is 5. The number of nitrogens with zero attached hydrogens (tertiary/aromatic N) is 5. The van der Waals surface area contributed by atoms with Crippen LogP contribution in [0.15, 0.2) is 176 Å². The van der Waals surface area contributed by atoms with Crippen molar-refractivity contribution in [2.45, 2.75) is 0 Å². The van der Waals surface area contributed by atoms with Gasteiger partial charge in [-0.3, -0.25) is 14.5 Å². The maximum Gasteiger partial charge on any atom is 0.234 e. The van der Waals surface area contributed by atoms with Gasteiger partial charge in [0.2, 0.25) is 5.95 Å². The third-order valence-electron chi connectivity index (χ3n) is 9.50. The van der Waals surface area contributed by atoms with E-state index >= 15 is 0 Å². The highest BCUT2D eigenvalue weighted by Crippen LogP contribution is 2.38. The van der Waals surface area contributed by atoms with Gasteiger partial charge in [-0.25, -0.2) is 9.97 Å². The average Bonchev–Trinajstić information content (AvgIpc) is 3.53. The highest BCUT2D eigenvalue weighted by Gasteiger charge is 2.17. The molecule has 7 nitrogen and oxygen atoms in total. The molecule has 6 aromatic carbocycles. The Kier molecular flexibility index (Phi) is 7.32. The molecule has 0 amide bonds. The van der Waals surface area contributed by atoms with Gasteiger partial charge in [0, 0.05) is 69.6 Å². The normalized spacial score (nSPS) is 11.4. The van der Waals surface area contributed by atoms with Crippen molar-refractivity contribution < 1.29 is 9.47 Å². The summed E-state index contributed by atoms with van der Waals surface area (Å²) in [7, 11) is 0. The monoisotopic (exact) mass is 683 g/mol. The SMILES string of the molecule is c1cnc(-n2c3cc(Oc4cccc(-c5nccc6ccccc56)c4)ccc3c3ccc(Oc4cccc(-c5nccc6ccccc56)c4)cc32)nc1. The van der Waals surface area contributed by atoms with Gasteiger partial charge in [-0.1, -0.05) is 72.8 Å². The molecule has 0 saturated heterocycles. The molecule has 0 aliphatic rings. The maximum atomic E-state index is 6.51. The zero-order valence-corrected chi connectivity index (χ0v) is 28.3. The van der Waals surface area contributed by atoms with Gasteiger partial charge in [-0.15, -0.1) is 0 Å². The van der Waals surface area contributed by atoms with E-state index in [9.17, 15) is 0 Å². The molecule has 0 fully saturated rings. The zero-order chi connectivity index (χ0) is 35.1. The molecule has 0 radical (unpaired) electrons. The van der Waals surface area contributed by atoms with Gasteiger partial charge in [0.1, 0.15) is 23.0 Å². The molecule has 4 aromatic heterocycles. The van der Waals surface area contributed by atoms with Crippen LogP contribution in [0.25, 0.3) is 71.8 Å². The molecular formula is C46H29N5O2. The van der Waals surface area contributed by atoms with Gasteiger partial charge in [0.25, 0.3) is 0 Å². The number of aromatic nitrogens is 5. The molecule has 10 aromatic rings. The molecule has 10 rings (SSSR count). The number of hydrogen-bond donors (Lipinski definition) is 0. The minimum Gasteiger partial charge on any atom is -0.457 e. The molecule has 0 aliphatic carbocycles. The van der Waals surface area contributed by atoms with Crippen LogP contribution in [0.4, 0.5) is 0 Å². The molecule has 0 bridgehead atoms. The molecule has 53 heavy (non-hydrogen) atoms. The lowest BCUT2D eigenvalue weighted by Crippen LogP contribution is -2.00. The van der Waals surface area contributed by atoms with Crippen LogP contribution in [0.3, 0.4) is 0 Å². The Morgan fingerprint density at radius 3 is 1.38 bits per heavy atom. The lowest BCUT2D eigenvalue weighted by Gasteiger charge is -2.11. The molecule has 250 valence electrons. The average molecular weight is 684 g/mol. The van der Waals surface area contributed by atoms with E-state index in [0.29, 0.717) is 28.9 Å². The molecular weight excluding hydrogens is 655 g/mol.